The molecule has 1 aromatic rings. The molecule has 1 aliphatic rings. The van der Waals surface area contributed by atoms with Gasteiger partial charge >= 0.3 is 0 Å². The van der Waals surface area contributed by atoms with Gasteiger partial charge < -0.3 is 15.4 Å². The van der Waals surface area contributed by atoms with Crippen LogP contribution in [0.1, 0.15) is 24.0 Å². The number of amides is 1. The highest BCUT2D eigenvalue weighted by molar-refractivity contribution is 5.85. The van der Waals surface area contributed by atoms with Crippen molar-refractivity contribution in [1.82, 2.24) is 10.6 Å². The number of benzene rings is 1. The Bertz CT molecular complexity index is 445. The number of carbonyl (C=O) groups excluding carboxylic acids is 1. The number of carbonyl (C=O) groups is 1. The van der Waals surface area contributed by atoms with E-state index in [1.807, 2.05) is 19.1 Å². The molecule has 1 fully saturated rings. The van der Waals surface area contributed by atoms with Crippen LogP contribution in [0.2, 0.25) is 0 Å². The lowest BCUT2D eigenvalue weighted by atomic mass is 10.1. The maximum absolute atomic E-state index is 11.7. The molecule has 0 saturated carbocycles. The summed E-state index contributed by atoms with van der Waals surface area (Å²) in [5.74, 6) is 0.939. The summed E-state index contributed by atoms with van der Waals surface area (Å²) in [4.78, 5) is 11.7. The van der Waals surface area contributed by atoms with Gasteiger partial charge in [0.05, 0.1) is 13.0 Å². The van der Waals surface area contributed by atoms with Crippen LogP contribution in [0.4, 0.5) is 0 Å². The summed E-state index contributed by atoms with van der Waals surface area (Å²) in [6, 6.07) is 6.26. The normalized spacial score (nSPS) is 17.4. The number of halogens is 1. The van der Waals surface area contributed by atoms with Crippen molar-refractivity contribution in [3.8, 4) is 5.75 Å². The first kappa shape index (κ1) is 16.8. The van der Waals surface area contributed by atoms with Crippen molar-refractivity contribution in [3.05, 3.63) is 29.3 Å². The highest BCUT2D eigenvalue weighted by atomic mass is 35.5. The SMILES string of the molecule is Cc1cccc(OCCC(=O)NC2CCNC2)c1C.Cl. The topological polar surface area (TPSA) is 50.4 Å². The lowest BCUT2D eigenvalue weighted by Crippen LogP contribution is -2.36. The summed E-state index contributed by atoms with van der Waals surface area (Å²) >= 11 is 0. The predicted molar refractivity (Wildman–Crippen MR) is 82.7 cm³/mol. The number of rotatable bonds is 5. The van der Waals surface area contributed by atoms with Gasteiger partial charge in [-0.3, -0.25) is 4.79 Å². The minimum atomic E-state index is 0. The molecule has 112 valence electrons. The number of ether oxygens (including phenoxy) is 1. The van der Waals surface area contributed by atoms with Crippen molar-refractivity contribution >= 4 is 18.3 Å². The third kappa shape index (κ3) is 4.69. The van der Waals surface area contributed by atoms with Crippen molar-refractivity contribution in [3.63, 3.8) is 0 Å². The van der Waals surface area contributed by atoms with E-state index in [-0.39, 0.29) is 24.4 Å². The molecule has 0 radical (unpaired) electrons. The molecule has 2 N–H and O–H groups in total. The number of nitrogens with one attached hydrogen (secondary N) is 2. The van der Waals surface area contributed by atoms with Crippen LogP contribution >= 0.6 is 12.4 Å². The van der Waals surface area contributed by atoms with Gasteiger partial charge in [-0.15, -0.1) is 12.4 Å². The summed E-state index contributed by atoms with van der Waals surface area (Å²) in [5.41, 5.74) is 2.35. The fraction of sp³-hybridized carbons (Fsp3) is 0.533. The van der Waals surface area contributed by atoms with Crippen LogP contribution in [0.3, 0.4) is 0 Å². The van der Waals surface area contributed by atoms with Crippen LogP contribution in [0.5, 0.6) is 5.75 Å². The Hall–Kier alpha value is -1.26. The van der Waals surface area contributed by atoms with E-state index in [9.17, 15) is 4.79 Å². The average molecular weight is 299 g/mol. The van der Waals surface area contributed by atoms with E-state index < -0.39 is 0 Å². The average Bonchev–Trinajstić information content (AvgIpc) is 2.87. The molecule has 0 spiro atoms. The molecule has 4 nitrogen and oxygen atoms in total. The zero-order valence-corrected chi connectivity index (χ0v) is 12.9. The molecule has 1 saturated heterocycles. The van der Waals surface area contributed by atoms with E-state index in [4.69, 9.17) is 4.74 Å². The highest BCUT2D eigenvalue weighted by Crippen LogP contribution is 2.20. The number of hydrogen-bond donors (Lipinski definition) is 2. The first-order valence-electron chi connectivity index (χ1n) is 6.86. The molecule has 1 atom stereocenters. The van der Waals surface area contributed by atoms with Crippen LogP contribution in [0.15, 0.2) is 18.2 Å². The second-order valence-corrected chi connectivity index (χ2v) is 5.05. The van der Waals surface area contributed by atoms with E-state index in [2.05, 4.69) is 23.6 Å². The predicted octanol–water partition coefficient (Wildman–Crippen LogP) is 1.97. The monoisotopic (exact) mass is 298 g/mol. The third-order valence-electron chi connectivity index (χ3n) is 3.57. The van der Waals surface area contributed by atoms with Gasteiger partial charge in [-0.05, 0) is 44.0 Å². The summed E-state index contributed by atoms with van der Waals surface area (Å²) in [6.07, 6.45) is 1.42. The Morgan fingerprint density at radius 1 is 1.45 bits per heavy atom. The highest BCUT2D eigenvalue weighted by Gasteiger charge is 2.16. The van der Waals surface area contributed by atoms with Crippen molar-refractivity contribution < 1.29 is 9.53 Å². The van der Waals surface area contributed by atoms with E-state index in [1.165, 1.54) is 5.56 Å². The Balaban J connectivity index is 0.00000200. The van der Waals surface area contributed by atoms with E-state index in [0.29, 0.717) is 13.0 Å². The Morgan fingerprint density at radius 2 is 2.25 bits per heavy atom. The van der Waals surface area contributed by atoms with Gasteiger partial charge in [-0.1, -0.05) is 12.1 Å². The van der Waals surface area contributed by atoms with E-state index in [0.717, 1.165) is 30.8 Å². The lowest BCUT2D eigenvalue weighted by molar-refractivity contribution is -0.122. The van der Waals surface area contributed by atoms with Crippen LogP contribution in [0.25, 0.3) is 0 Å². The summed E-state index contributed by atoms with van der Waals surface area (Å²) in [5, 5.41) is 6.24. The van der Waals surface area contributed by atoms with Crippen LogP contribution in [0, 0.1) is 13.8 Å². The summed E-state index contributed by atoms with van der Waals surface area (Å²) in [7, 11) is 0. The van der Waals surface area contributed by atoms with Gasteiger partial charge in [-0.25, -0.2) is 0 Å². The molecule has 5 heteroatoms. The van der Waals surface area contributed by atoms with Crippen molar-refractivity contribution in [1.29, 1.82) is 0 Å². The molecule has 0 aromatic heterocycles. The molecule has 2 rings (SSSR count). The second kappa shape index (κ2) is 8.12. The van der Waals surface area contributed by atoms with Crippen molar-refractivity contribution in [2.75, 3.05) is 19.7 Å². The maximum atomic E-state index is 11.7. The Morgan fingerprint density at radius 3 is 2.95 bits per heavy atom. The molecule has 1 aromatic carbocycles. The molecule has 20 heavy (non-hydrogen) atoms. The van der Waals surface area contributed by atoms with Crippen LogP contribution < -0.4 is 15.4 Å². The molecular weight excluding hydrogens is 276 g/mol. The molecule has 1 amide bonds. The molecular formula is C15H23ClN2O2. The minimum absolute atomic E-state index is 0. The number of hydrogen-bond acceptors (Lipinski definition) is 3. The van der Waals surface area contributed by atoms with E-state index >= 15 is 0 Å². The lowest BCUT2D eigenvalue weighted by Gasteiger charge is -2.13. The smallest absolute Gasteiger partial charge is 0.223 e. The van der Waals surface area contributed by atoms with Gasteiger partial charge in [0.15, 0.2) is 0 Å². The third-order valence-corrected chi connectivity index (χ3v) is 3.57. The second-order valence-electron chi connectivity index (χ2n) is 5.05. The molecule has 1 aliphatic heterocycles. The molecule has 1 unspecified atom stereocenters. The van der Waals surface area contributed by atoms with Gasteiger partial charge in [0.25, 0.3) is 0 Å². The zero-order chi connectivity index (χ0) is 13.7. The first-order valence-corrected chi connectivity index (χ1v) is 6.86. The fourth-order valence-electron chi connectivity index (χ4n) is 2.21. The van der Waals surface area contributed by atoms with Gasteiger partial charge in [-0.2, -0.15) is 0 Å². The molecule has 0 bridgehead atoms. The van der Waals surface area contributed by atoms with Crippen molar-refractivity contribution in [2.45, 2.75) is 32.7 Å². The summed E-state index contributed by atoms with van der Waals surface area (Å²) < 4.78 is 5.68. The Labute approximate surface area is 126 Å². The largest absolute Gasteiger partial charge is 0.493 e. The van der Waals surface area contributed by atoms with Gasteiger partial charge in [0.1, 0.15) is 5.75 Å². The number of aryl methyl sites for hydroxylation is 1. The standard InChI is InChI=1S/C15H22N2O2.ClH/c1-11-4-3-5-14(12(11)2)19-9-7-15(18)17-13-6-8-16-10-13;/h3-5,13,16H,6-10H2,1-2H3,(H,17,18);1H. The minimum Gasteiger partial charge on any atom is -0.493 e. The molecule has 0 aliphatic carbocycles. The summed E-state index contributed by atoms with van der Waals surface area (Å²) in [6.45, 7) is 6.39. The first-order chi connectivity index (χ1) is 9.16. The van der Waals surface area contributed by atoms with Gasteiger partial charge in [0, 0.05) is 12.6 Å². The molecule has 1 heterocycles. The Kier molecular flexibility index (Phi) is 6.82. The van der Waals surface area contributed by atoms with Gasteiger partial charge in [0.2, 0.25) is 5.91 Å². The fourth-order valence-corrected chi connectivity index (χ4v) is 2.21. The van der Waals surface area contributed by atoms with Crippen LogP contribution in [-0.4, -0.2) is 31.6 Å². The maximum Gasteiger partial charge on any atom is 0.223 e. The zero-order valence-electron chi connectivity index (χ0n) is 12.1. The van der Waals surface area contributed by atoms with E-state index in [1.54, 1.807) is 0 Å². The van der Waals surface area contributed by atoms with Crippen molar-refractivity contribution in [2.24, 2.45) is 0 Å². The quantitative estimate of drug-likeness (QED) is 0.874. The van der Waals surface area contributed by atoms with Crippen LogP contribution in [-0.2, 0) is 4.79 Å².